The lowest BCUT2D eigenvalue weighted by Crippen LogP contribution is -2.28. The van der Waals surface area contributed by atoms with Gasteiger partial charge in [0.05, 0.1) is 17.6 Å². The Labute approximate surface area is 250 Å². The fraction of sp³-hybridized carbons (Fsp3) is 0.379. The molecule has 0 atom stereocenters. The van der Waals surface area contributed by atoms with Gasteiger partial charge in [0.15, 0.2) is 0 Å². The van der Waals surface area contributed by atoms with Gasteiger partial charge in [0.2, 0.25) is 0 Å². The van der Waals surface area contributed by atoms with Crippen LogP contribution in [0.1, 0.15) is 40.5 Å². The molecule has 1 amide bonds. The van der Waals surface area contributed by atoms with Crippen LogP contribution in [0.15, 0.2) is 65.1 Å². The van der Waals surface area contributed by atoms with Crippen LogP contribution in [-0.4, -0.2) is 60.5 Å². The molecule has 0 unspecified atom stereocenters. The van der Waals surface area contributed by atoms with Gasteiger partial charge >= 0.3 is 6.18 Å². The number of nitrogens with one attached hydrogen (secondary N) is 2. The molecule has 0 bridgehead atoms. The van der Waals surface area contributed by atoms with Crippen molar-refractivity contribution < 1.29 is 18.0 Å². The first-order chi connectivity index (χ1) is 19.5. The van der Waals surface area contributed by atoms with E-state index in [0.29, 0.717) is 34.8 Å². The molecule has 2 aromatic rings. The molecule has 0 aliphatic rings. The molecule has 1 aromatic carbocycles. The average Bonchev–Trinajstić information content (AvgIpc) is 3.22. The van der Waals surface area contributed by atoms with Crippen LogP contribution < -0.4 is 27.2 Å². The second-order valence-corrected chi connectivity index (χ2v) is 10.7. The molecule has 2 rings (SSSR count). The number of amides is 1. The largest absolute Gasteiger partial charge is 0.412 e. The van der Waals surface area contributed by atoms with Gasteiger partial charge in [-0.3, -0.25) is 14.5 Å². The Bertz CT molecular complexity index is 1380. The predicted octanol–water partition coefficient (Wildman–Crippen LogP) is 4.46. The van der Waals surface area contributed by atoms with Crippen LogP contribution in [0.2, 0.25) is 0 Å². The standard InChI is InChI=1S/C29H40ClF3N8O/c1-18-8-9-22(14-27(18)41(35)17-26(34)24-16-37-40(7)21(24)4)28(42)38-20(3)13-23(15-36-10-11-39(5)6)25(30)12-19(2)29(31,32)33/h8-9,13-14,16-17,36H,2,10-12,15,34-35H2,1,3-7H3,(H,38,42)/b20-13+,25-23-,26-17-. The molecule has 1 aromatic heterocycles. The summed E-state index contributed by atoms with van der Waals surface area (Å²) in [4.78, 5) is 15.1. The van der Waals surface area contributed by atoms with Crippen LogP contribution in [0, 0.1) is 13.8 Å². The Hall–Kier alpha value is -3.58. The minimum absolute atomic E-state index is 0.0205. The van der Waals surface area contributed by atoms with Crippen molar-refractivity contribution in [2.24, 2.45) is 18.6 Å². The monoisotopic (exact) mass is 608 g/mol. The number of carbonyl (C=O) groups is 1. The van der Waals surface area contributed by atoms with Crippen molar-refractivity contribution >= 4 is 28.9 Å². The first-order valence-electron chi connectivity index (χ1n) is 13.1. The first kappa shape index (κ1) is 34.6. The van der Waals surface area contributed by atoms with Crippen LogP contribution in [0.3, 0.4) is 0 Å². The van der Waals surface area contributed by atoms with Crippen molar-refractivity contribution in [3.8, 4) is 0 Å². The zero-order chi connectivity index (χ0) is 31.8. The third-order valence-corrected chi connectivity index (χ3v) is 6.82. The maximum absolute atomic E-state index is 13.1. The number of likely N-dealkylation sites (N-methyl/N-ethyl adjacent to an activating group) is 1. The highest BCUT2D eigenvalue weighted by atomic mass is 35.5. The number of allylic oxidation sites excluding steroid dienone is 3. The van der Waals surface area contributed by atoms with Crippen molar-refractivity contribution in [2.45, 2.75) is 33.4 Å². The number of nitrogens with two attached hydrogens (primary N) is 2. The van der Waals surface area contributed by atoms with Crippen LogP contribution in [-0.2, 0) is 7.05 Å². The number of aromatic nitrogens is 2. The van der Waals surface area contributed by atoms with Gasteiger partial charge in [0.1, 0.15) is 0 Å². The van der Waals surface area contributed by atoms with E-state index in [9.17, 15) is 18.0 Å². The van der Waals surface area contributed by atoms with Crippen molar-refractivity contribution in [1.29, 1.82) is 0 Å². The normalized spacial score (nSPS) is 13.3. The van der Waals surface area contributed by atoms with Gasteiger partial charge in [0.25, 0.3) is 5.91 Å². The van der Waals surface area contributed by atoms with E-state index in [2.05, 4.69) is 22.3 Å². The summed E-state index contributed by atoms with van der Waals surface area (Å²) in [5.74, 6) is 5.86. The van der Waals surface area contributed by atoms with Gasteiger partial charge in [-0.2, -0.15) is 18.3 Å². The minimum atomic E-state index is -4.56. The van der Waals surface area contributed by atoms with Crippen molar-refractivity contribution in [3.63, 3.8) is 0 Å². The lowest BCUT2D eigenvalue weighted by Gasteiger charge is -2.19. The number of hydrogen-bond donors (Lipinski definition) is 4. The minimum Gasteiger partial charge on any atom is -0.397 e. The molecule has 6 N–H and O–H groups in total. The van der Waals surface area contributed by atoms with E-state index >= 15 is 0 Å². The highest BCUT2D eigenvalue weighted by molar-refractivity contribution is 6.30. The maximum atomic E-state index is 13.1. The highest BCUT2D eigenvalue weighted by Gasteiger charge is 2.32. The van der Waals surface area contributed by atoms with Crippen LogP contribution in [0.5, 0.6) is 0 Å². The number of nitrogens with zero attached hydrogens (tertiary/aromatic N) is 4. The predicted molar refractivity (Wildman–Crippen MR) is 163 cm³/mol. The number of alkyl halides is 3. The molecular formula is C29H40ClF3N8O. The number of hydrazine groups is 1. The number of benzene rings is 1. The Kier molecular flexibility index (Phi) is 12.4. The molecule has 13 heteroatoms. The molecule has 0 spiro atoms. The zero-order valence-electron chi connectivity index (χ0n) is 24.9. The van der Waals surface area contributed by atoms with Gasteiger partial charge in [-0.25, -0.2) is 5.84 Å². The lowest BCUT2D eigenvalue weighted by atomic mass is 10.1. The summed E-state index contributed by atoms with van der Waals surface area (Å²) >= 11 is 6.33. The fourth-order valence-corrected chi connectivity index (χ4v) is 4.08. The summed E-state index contributed by atoms with van der Waals surface area (Å²) in [7, 11) is 5.62. The number of anilines is 1. The summed E-state index contributed by atoms with van der Waals surface area (Å²) < 4.78 is 40.9. The molecule has 0 saturated carbocycles. The molecule has 0 fully saturated rings. The smallest absolute Gasteiger partial charge is 0.397 e. The van der Waals surface area contributed by atoms with E-state index in [0.717, 1.165) is 23.4 Å². The molecule has 0 aliphatic heterocycles. The average molecular weight is 609 g/mol. The van der Waals surface area contributed by atoms with E-state index in [-0.39, 0.29) is 11.6 Å². The number of halogens is 4. The van der Waals surface area contributed by atoms with Gasteiger partial charge in [-0.1, -0.05) is 24.2 Å². The summed E-state index contributed by atoms with van der Waals surface area (Å²) in [6.07, 6.45) is -0.372. The van der Waals surface area contributed by atoms with E-state index in [1.165, 1.54) is 5.01 Å². The molecular weight excluding hydrogens is 569 g/mol. The van der Waals surface area contributed by atoms with E-state index < -0.39 is 24.1 Å². The third-order valence-electron chi connectivity index (χ3n) is 6.44. The molecule has 0 aliphatic carbocycles. The van der Waals surface area contributed by atoms with Crippen molar-refractivity contribution in [2.75, 3.05) is 38.7 Å². The Morgan fingerprint density at radius 2 is 1.93 bits per heavy atom. The van der Waals surface area contributed by atoms with Gasteiger partial charge < -0.3 is 21.3 Å². The molecule has 230 valence electrons. The summed E-state index contributed by atoms with van der Waals surface area (Å²) in [6, 6.07) is 5.02. The Morgan fingerprint density at radius 3 is 2.50 bits per heavy atom. The van der Waals surface area contributed by atoms with E-state index in [1.807, 2.05) is 39.9 Å². The SMILES string of the molecule is C=C(C/C(Cl)=C(\C=C(/C)NC(=O)c1ccc(C)c(N(N)/C=C(\N)c2cnn(C)c2C)c1)CNCCN(C)C)C(F)(F)F. The molecule has 9 nitrogen and oxygen atoms in total. The van der Waals surface area contributed by atoms with E-state index in [1.54, 1.807) is 48.3 Å². The quantitative estimate of drug-likeness (QED) is 0.0872. The second kappa shape index (κ2) is 15.1. The Morgan fingerprint density at radius 1 is 1.26 bits per heavy atom. The van der Waals surface area contributed by atoms with Crippen molar-refractivity contribution in [1.82, 2.24) is 25.3 Å². The third kappa shape index (κ3) is 10.1. The van der Waals surface area contributed by atoms with Gasteiger partial charge in [0, 0.05) is 72.4 Å². The van der Waals surface area contributed by atoms with Crippen molar-refractivity contribution in [3.05, 3.63) is 87.5 Å². The van der Waals surface area contributed by atoms with Gasteiger partial charge in [-0.05, 0) is 64.2 Å². The summed E-state index contributed by atoms with van der Waals surface area (Å²) in [5.41, 5.74) is 9.77. The van der Waals surface area contributed by atoms with E-state index in [4.69, 9.17) is 23.2 Å². The fourth-order valence-electron chi connectivity index (χ4n) is 3.80. The highest BCUT2D eigenvalue weighted by Crippen LogP contribution is 2.31. The summed E-state index contributed by atoms with van der Waals surface area (Å²) in [5, 5.41) is 11.4. The summed E-state index contributed by atoms with van der Waals surface area (Å²) in [6.45, 7) is 9.98. The van der Waals surface area contributed by atoms with Crippen LogP contribution in [0.25, 0.3) is 5.70 Å². The lowest BCUT2D eigenvalue weighted by molar-refractivity contribution is -0.0926. The Balaban J connectivity index is 2.27. The number of rotatable bonds is 13. The van der Waals surface area contributed by atoms with Crippen LogP contribution in [0.4, 0.5) is 18.9 Å². The first-order valence-corrected chi connectivity index (χ1v) is 13.5. The maximum Gasteiger partial charge on any atom is 0.412 e. The number of aryl methyl sites for hydroxylation is 2. The van der Waals surface area contributed by atoms with Crippen LogP contribution >= 0.6 is 11.6 Å². The molecule has 42 heavy (non-hydrogen) atoms. The van der Waals surface area contributed by atoms with Gasteiger partial charge in [-0.15, -0.1) is 0 Å². The topological polar surface area (TPSA) is 117 Å². The molecule has 0 saturated heterocycles. The second-order valence-electron chi connectivity index (χ2n) is 10.2. The number of carbonyl (C=O) groups excluding carboxylic acids is 1. The molecule has 1 heterocycles. The zero-order valence-corrected chi connectivity index (χ0v) is 25.6. The molecule has 0 radical (unpaired) electrons. The number of hydrogen-bond acceptors (Lipinski definition) is 7.